The summed E-state index contributed by atoms with van der Waals surface area (Å²) in [5.74, 6) is -2.02. The third kappa shape index (κ3) is 21.4. The third-order valence-electron chi connectivity index (χ3n) is 18.8. The number of phenolic OH excluding ortho intramolecular Hbond substituents is 1. The van der Waals surface area contributed by atoms with Gasteiger partial charge in [-0.2, -0.15) is 11.4 Å². The van der Waals surface area contributed by atoms with Gasteiger partial charge in [-0.3, -0.25) is 14.4 Å². The summed E-state index contributed by atoms with van der Waals surface area (Å²) in [6.07, 6.45) is 9.31. The number of nitrogens with zero attached hydrogens (tertiary/aromatic N) is 4. The molecule has 0 heterocycles. The lowest BCUT2D eigenvalue weighted by molar-refractivity contribution is 0.0420. The van der Waals surface area contributed by atoms with Crippen LogP contribution in [0.5, 0.6) is 23.0 Å². The first-order valence-electron chi connectivity index (χ1n) is 36.0. The van der Waals surface area contributed by atoms with Gasteiger partial charge in [0.1, 0.15) is 23.0 Å². The fraction of sp³-hybridized carbons (Fsp3) is 0.222. The molecule has 1 N–H and O–H groups in total. The van der Waals surface area contributed by atoms with Gasteiger partial charge < -0.3 is 34.9 Å². The molecule has 18 nitrogen and oxygen atoms in total. The van der Waals surface area contributed by atoms with Crippen LogP contribution in [0.4, 0.5) is 0 Å². The minimum atomic E-state index is -1.08. The van der Waals surface area contributed by atoms with Crippen LogP contribution in [0.15, 0.2) is 255 Å². The van der Waals surface area contributed by atoms with E-state index in [1.54, 1.807) is 84.9 Å². The molecule has 10 rings (SSSR count). The fourth-order valence-electron chi connectivity index (χ4n) is 13.1. The van der Waals surface area contributed by atoms with Crippen LogP contribution in [0.3, 0.4) is 0 Å². The predicted molar refractivity (Wildman–Crippen MR) is 432 cm³/mol. The van der Waals surface area contributed by atoms with Gasteiger partial charge in [-0.05, 0) is 184 Å². The number of hydrogen-bond donors (Lipinski definition) is 1. The maximum absolute atomic E-state index is 14.1. The van der Waals surface area contributed by atoms with Crippen molar-refractivity contribution < 1.29 is 52.9 Å². The molecule has 564 valence electrons. The summed E-state index contributed by atoms with van der Waals surface area (Å²) in [6, 6.07) is 81.0. The van der Waals surface area contributed by atoms with Gasteiger partial charge in [0.25, 0.3) is 15.7 Å². The Kier molecular flexibility index (Phi) is 31.2. The van der Waals surface area contributed by atoms with E-state index in [2.05, 4.69) is 65.9 Å². The van der Waals surface area contributed by atoms with Crippen molar-refractivity contribution in [2.45, 2.75) is 127 Å². The molecule has 10 aromatic rings. The molecule has 0 aliphatic rings. The van der Waals surface area contributed by atoms with Crippen molar-refractivity contribution in [3.8, 4) is 41.2 Å². The van der Waals surface area contributed by atoms with Crippen molar-refractivity contribution in [2.75, 3.05) is 0 Å². The average Bonchev–Trinajstić information content (AvgIpc) is 0.794. The normalized spacial score (nSPS) is 12.6. The summed E-state index contributed by atoms with van der Waals surface area (Å²) in [5.41, 5.74) is 2.33. The topological polar surface area (TPSA) is 246 Å². The molecule has 0 saturated heterocycles. The first-order valence-corrected chi connectivity index (χ1v) is 37.1. The molecule has 10 aromatic carbocycles. The summed E-state index contributed by atoms with van der Waals surface area (Å²) >= 11 is 15.6. The van der Waals surface area contributed by atoms with Gasteiger partial charge >= 0.3 is 36.1 Å². The van der Waals surface area contributed by atoms with Crippen molar-refractivity contribution in [1.29, 1.82) is 0 Å². The van der Waals surface area contributed by atoms with Crippen LogP contribution < -0.4 is 14.2 Å². The number of esters is 3. The second kappa shape index (κ2) is 41.1. The first-order chi connectivity index (χ1) is 53.7. The molecular formula is C90H79Cl3N4O14. The molecule has 0 spiro atoms. The molecular weight excluding hydrogens is 1470 g/mol. The highest BCUT2D eigenvalue weighted by Crippen LogP contribution is 2.43. The maximum Gasteiger partial charge on any atom is 0.343 e. The van der Waals surface area contributed by atoms with Gasteiger partial charge in [-0.25, -0.2) is 14.4 Å². The smallest absolute Gasteiger partial charge is 0.343 e. The average molecular weight is 1550 g/mol. The van der Waals surface area contributed by atoms with E-state index in [1.165, 1.54) is 36.4 Å². The number of ether oxygens (including phenoxy) is 3. The third-order valence-corrected chi connectivity index (χ3v) is 19.5. The van der Waals surface area contributed by atoms with Crippen LogP contribution in [-0.2, 0) is 26.7 Å². The molecule has 0 aromatic heterocycles. The molecule has 4 unspecified atom stereocenters. The van der Waals surface area contributed by atoms with Gasteiger partial charge in [0, 0.05) is 49.3 Å². The Morgan fingerprint density at radius 3 is 0.847 bits per heavy atom. The highest BCUT2D eigenvalue weighted by atomic mass is 35.5. The fourth-order valence-corrected chi connectivity index (χ4v) is 13.4. The summed E-state index contributed by atoms with van der Waals surface area (Å²) in [7, 11) is 0. The number of rotatable bonds is 30. The highest BCUT2D eigenvalue weighted by molar-refractivity contribution is 6.70. The van der Waals surface area contributed by atoms with Crippen molar-refractivity contribution in [2.24, 2.45) is 0 Å². The van der Waals surface area contributed by atoms with Crippen molar-refractivity contribution >= 4 is 68.4 Å². The predicted octanol–water partition coefficient (Wildman–Crippen LogP) is 22.8. The van der Waals surface area contributed by atoms with Crippen LogP contribution in [0.1, 0.15) is 211 Å². The van der Waals surface area contributed by atoms with Crippen molar-refractivity contribution in [3.05, 3.63) is 375 Å². The summed E-state index contributed by atoms with van der Waals surface area (Å²) in [5, 5.41) is 54.3. The Hall–Kier alpha value is -12.6. The monoisotopic (exact) mass is 1540 g/mol. The largest absolute Gasteiger partial charge is 0.508 e. The zero-order chi connectivity index (χ0) is 79.8. The minimum Gasteiger partial charge on any atom is -0.508 e. The molecule has 0 saturated carbocycles. The molecule has 111 heavy (non-hydrogen) atoms. The van der Waals surface area contributed by atoms with Crippen molar-refractivity contribution in [1.82, 2.24) is 0 Å². The van der Waals surface area contributed by atoms with Crippen LogP contribution in [-0.4, -0.2) is 38.7 Å². The van der Waals surface area contributed by atoms with Gasteiger partial charge in [-0.1, -0.05) is 242 Å². The number of unbranched alkanes of at least 4 members (excludes halogenated alkanes) is 4. The van der Waals surface area contributed by atoms with E-state index in [-0.39, 0.29) is 56.4 Å². The number of carbonyl (C=O) groups is 6. The number of phenols is 1. The lowest BCUT2D eigenvalue weighted by atomic mass is 9.72. The SMILES string of the molecule is CCCCC(C#[N+][O-])(c1ccccc1)c1ccc(O)cc1.O=C(Cl)c1cc(C(=O)Cl)cc(C(=O)Cl)c1.[C-]#[N+]OC(CCCC)(c1ccccc1)c1ccc(OC(=O)c2cc(C(=O)Oc3ccc(C(C#[N+][O-])(CCCC)c4ccccc4)cc3)cc(C(=O)Oc3ccc(C(C#[N+][O-])(CCCC)c4ccccc4)cc3)c2)cc1. The summed E-state index contributed by atoms with van der Waals surface area (Å²) in [4.78, 5) is 80.7. The highest BCUT2D eigenvalue weighted by Gasteiger charge is 2.43. The molecule has 21 heteroatoms. The van der Waals surface area contributed by atoms with E-state index >= 15 is 0 Å². The number of hydrogen-bond acceptors (Lipinski definition) is 14. The Balaban J connectivity index is 0.000000348. The number of carbonyl (C=O) groups excluding carboxylic acids is 6. The molecule has 0 amide bonds. The zero-order valence-electron chi connectivity index (χ0n) is 61.4. The maximum atomic E-state index is 14.1. The van der Waals surface area contributed by atoms with Crippen LogP contribution in [0.25, 0.3) is 20.0 Å². The molecule has 0 aliphatic carbocycles. The molecule has 4 atom stereocenters. The summed E-state index contributed by atoms with van der Waals surface area (Å²) in [6.45, 7) is 16.0. The lowest BCUT2D eigenvalue weighted by Crippen LogP contribution is -2.29. The van der Waals surface area contributed by atoms with Crippen LogP contribution in [0.2, 0.25) is 0 Å². The number of halogens is 3. The Morgan fingerprint density at radius 2 is 0.586 bits per heavy atom. The quantitative estimate of drug-likeness (QED) is 0.0145. The van der Waals surface area contributed by atoms with E-state index in [1.807, 2.05) is 133 Å². The Bertz CT molecular complexity index is 4850. The van der Waals surface area contributed by atoms with Crippen molar-refractivity contribution in [3.63, 3.8) is 0 Å². The zero-order valence-corrected chi connectivity index (χ0v) is 63.7. The second-order valence-electron chi connectivity index (χ2n) is 25.9. The summed E-state index contributed by atoms with van der Waals surface area (Å²) < 4.78 is 17.6. The van der Waals surface area contributed by atoms with Gasteiger partial charge in [-0.15, -0.1) is 0 Å². The lowest BCUT2D eigenvalue weighted by Gasteiger charge is -2.27. The van der Waals surface area contributed by atoms with Crippen LogP contribution >= 0.6 is 34.8 Å². The molecule has 0 fully saturated rings. The first kappa shape index (κ1) is 84.1. The van der Waals surface area contributed by atoms with E-state index in [4.69, 9.17) is 60.4 Å². The Labute approximate surface area is 660 Å². The Morgan fingerprint density at radius 1 is 0.351 bits per heavy atom. The molecule has 0 radical (unpaired) electrons. The number of aromatic hydroxyl groups is 1. The van der Waals surface area contributed by atoms with E-state index in [9.17, 15) is 49.5 Å². The van der Waals surface area contributed by atoms with E-state index in [0.29, 0.717) is 36.0 Å². The van der Waals surface area contributed by atoms with E-state index in [0.717, 1.165) is 85.6 Å². The number of benzene rings is 10. The second-order valence-corrected chi connectivity index (χ2v) is 27.0. The van der Waals surface area contributed by atoms with Gasteiger partial charge in [0.15, 0.2) is 16.2 Å². The minimum absolute atomic E-state index is 0.00725. The molecule has 0 aliphatic heterocycles. The van der Waals surface area contributed by atoms with Gasteiger partial charge in [0.2, 0.25) is 5.60 Å². The van der Waals surface area contributed by atoms with Crippen LogP contribution in [0, 0.1) is 40.4 Å². The van der Waals surface area contributed by atoms with E-state index < -0.39 is 55.5 Å². The molecule has 0 bridgehead atoms. The van der Waals surface area contributed by atoms with Gasteiger partial charge in [0.05, 0.1) is 16.7 Å². The standard InChI is InChI=1S/C63H57N3O9.C18H19NO2.C9H3Cl3O3/c1-5-8-38-61(44-65-70,49-20-14-11-15-21-49)51-26-32-55(33-27-51)72-58(67)46-41-47(59(68)73-56-34-28-52(29-35-56)62(45-66-71,39-9-6-2)50-22-16-12-17-23-50)43-48(42-46)60(69)74-57-36-30-54(31-37-57)63(75-64-4,40-10-7-3)53-24-18-13-19-25-53;1-2-3-13-18(14-19-21,15-7-5-4-6-8-15)16-9-11-17(20)12-10-16;10-7(13)4-1-5(8(11)14)3-6(2-4)9(12)15/h11-37,41-43H,5-10,38-40H2,1-3H3;4-12,20H,2-3,13H2,1H3;1-3H.